The van der Waals surface area contributed by atoms with E-state index in [9.17, 15) is 0 Å². The zero-order valence-electron chi connectivity index (χ0n) is 18.3. The molecule has 162 valence electrons. The molecular formula is C24H38O4Si. The Hall–Kier alpha value is -0.883. The molecule has 0 radical (unpaired) electrons. The molecule has 0 bridgehead atoms. The average Bonchev–Trinajstić information content (AvgIpc) is 2.79. The summed E-state index contributed by atoms with van der Waals surface area (Å²) < 4.78 is 25.5. The molecule has 1 aliphatic heterocycles. The summed E-state index contributed by atoms with van der Waals surface area (Å²) in [5, 5.41) is 1.18. The Kier molecular flexibility index (Phi) is 7.33. The molecule has 2 aliphatic carbocycles. The van der Waals surface area contributed by atoms with Gasteiger partial charge in [0.25, 0.3) is 0 Å². The van der Waals surface area contributed by atoms with Crippen molar-refractivity contribution < 1.29 is 18.3 Å². The summed E-state index contributed by atoms with van der Waals surface area (Å²) in [5.74, 6) is 1.67. The van der Waals surface area contributed by atoms with E-state index in [-0.39, 0.29) is 0 Å². The number of benzene rings is 1. The lowest BCUT2D eigenvalue weighted by Gasteiger charge is -2.50. The van der Waals surface area contributed by atoms with Crippen molar-refractivity contribution in [3.05, 3.63) is 23.8 Å². The molecule has 1 aromatic carbocycles. The second-order valence-corrected chi connectivity index (χ2v) is 10.9. The number of hydrogen-bond donors (Lipinski definition) is 0. The largest absolute Gasteiger partial charge is 0.461 e. The van der Waals surface area contributed by atoms with E-state index in [1.165, 1.54) is 69.4 Å². The summed E-state index contributed by atoms with van der Waals surface area (Å²) >= 11 is 0. The Balaban J connectivity index is 1.59. The third-order valence-electron chi connectivity index (χ3n) is 7.06. The van der Waals surface area contributed by atoms with E-state index < -0.39 is 15.1 Å². The van der Waals surface area contributed by atoms with Gasteiger partial charge in [-0.05, 0) is 56.9 Å². The minimum Gasteiger partial charge on any atom is -0.461 e. The van der Waals surface area contributed by atoms with E-state index in [1.807, 2.05) is 13.8 Å². The van der Waals surface area contributed by atoms with Crippen LogP contribution in [0.1, 0.15) is 83.6 Å². The summed E-state index contributed by atoms with van der Waals surface area (Å²) in [6, 6.07) is 6.54. The molecule has 0 N–H and O–H groups in total. The Labute approximate surface area is 178 Å². The third kappa shape index (κ3) is 4.58. The molecule has 29 heavy (non-hydrogen) atoms. The third-order valence-corrected chi connectivity index (χ3v) is 9.24. The van der Waals surface area contributed by atoms with Gasteiger partial charge < -0.3 is 18.3 Å². The normalized spacial score (nSPS) is 23.0. The van der Waals surface area contributed by atoms with Crippen LogP contribution in [0.2, 0.25) is 0 Å². The minimum absolute atomic E-state index is 0.411. The molecule has 2 fully saturated rings. The molecule has 0 spiro atoms. The Morgan fingerprint density at radius 1 is 0.897 bits per heavy atom. The molecule has 0 unspecified atom stereocenters. The summed E-state index contributed by atoms with van der Waals surface area (Å²) in [5.41, 5.74) is 1.15. The van der Waals surface area contributed by atoms with E-state index in [0.29, 0.717) is 31.7 Å². The van der Waals surface area contributed by atoms with Crippen LogP contribution in [-0.4, -0.2) is 28.3 Å². The Morgan fingerprint density at radius 3 is 2.03 bits per heavy atom. The maximum Gasteiger partial charge on any atom is 0.355 e. The van der Waals surface area contributed by atoms with Gasteiger partial charge in [-0.1, -0.05) is 44.6 Å². The molecule has 4 rings (SSSR count). The highest BCUT2D eigenvalue weighted by Gasteiger charge is 2.51. The van der Waals surface area contributed by atoms with Crippen LogP contribution in [0.15, 0.2) is 18.2 Å². The first-order valence-corrected chi connectivity index (χ1v) is 13.5. The van der Waals surface area contributed by atoms with Crippen molar-refractivity contribution in [3.8, 4) is 5.75 Å². The standard InChI is InChI=1S/C24H38O4Si/c1-3-26-29(27-4-2)22-15-16-23-19(17-22)18-25-24(28-23,20-11-7-5-8-12-20)21-13-9-6-10-14-21/h15-17,20-21,29H,3-14,18H2,1-2H3. The molecule has 1 heterocycles. The van der Waals surface area contributed by atoms with Crippen molar-refractivity contribution in [2.24, 2.45) is 11.8 Å². The summed E-state index contributed by atoms with van der Waals surface area (Å²) in [6.07, 6.45) is 12.9. The fraction of sp³-hybridized carbons (Fsp3) is 0.750. The second kappa shape index (κ2) is 9.95. The lowest BCUT2D eigenvalue weighted by molar-refractivity contribution is -0.278. The highest BCUT2D eigenvalue weighted by Crippen LogP contribution is 2.49. The predicted molar refractivity (Wildman–Crippen MR) is 118 cm³/mol. The van der Waals surface area contributed by atoms with Crippen molar-refractivity contribution in [3.63, 3.8) is 0 Å². The van der Waals surface area contributed by atoms with Crippen LogP contribution >= 0.6 is 0 Å². The van der Waals surface area contributed by atoms with Crippen LogP contribution in [0.5, 0.6) is 5.75 Å². The van der Waals surface area contributed by atoms with Crippen molar-refractivity contribution >= 4 is 14.5 Å². The van der Waals surface area contributed by atoms with E-state index in [0.717, 1.165) is 11.3 Å². The molecule has 0 aromatic heterocycles. The van der Waals surface area contributed by atoms with Gasteiger partial charge >= 0.3 is 9.28 Å². The van der Waals surface area contributed by atoms with E-state index in [4.69, 9.17) is 18.3 Å². The molecule has 0 atom stereocenters. The number of fused-ring (bicyclic) bond motifs is 1. The van der Waals surface area contributed by atoms with Gasteiger partial charge in [0, 0.05) is 30.6 Å². The minimum atomic E-state index is -1.84. The molecule has 4 nitrogen and oxygen atoms in total. The van der Waals surface area contributed by atoms with E-state index >= 15 is 0 Å². The predicted octanol–water partition coefficient (Wildman–Crippen LogP) is 4.95. The van der Waals surface area contributed by atoms with E-state index in [2.05, 4.69) is 18.2 Å². The zero-order valence-corrected chi connectivity index (χ0v) is 19.4. The molecule has 5 heteroatoms. The second-order valence-electron chi connectivity index (χ2n) is 8.89. The van der Waals surface area contributed by atoms with Crippen LogP contribution < -0.4 is 9.92 Å². The zero-order chi connectivity index (χ0) is 20.1. The molecule has 1 aromatic rings. The topological polar surface area (TPSA) is 36.9 Å². The first-order valence-electron chi connectivity index (χ1n) is 12.0. The van der Waals surface area contributed by atoms with Gasteiger partial charge in [-0.2, -0.15) is 0 Å². The molecular weight excluding hydrogens is 380 g/mol. The van der Waals surface area contributed by atoms with Gasteiger partial charge in [0.05, 0.1) is 6.61 Å². The fourth-order valence-corrected chi connectivity index (χ4v) is 7.32. The van der Waals surface area contributed by atoms with Crippen molar-refractivity contribution in [2.45, 2.75) is 90.4 Å². The highest BCUT2D eigenvalue weighted by molar-refractivity contribution is 6.61. The van der Waals surface area contributed by atoms with Crippen LogP contribution in [0.25, 0.3) is 0 Å². The van der Waals surface area contributed by atoms with Crippen molar-refractivity contribution in [1.82, 2.24) is 0 Å². The quantitative estimate of drug-likeness (QED) is 0.587. The maximum atomic E-state index is 6.86. The highest BCUT2D eigenvalue weighted by atomic mass is 28.3. The number of hydrogen-bond acceptors (Lipinski definition) is 4. The van der Waals surface area contributed by atoms with Crippen LogP contribution in [-0.2, 0) is 20.2 Å². The lowest BCUT2D eigenvalue weighted by atomic mass is 9.72. The maximum absolute atomic E-state index is 6.86. The van der Waals surface area contributed by atoms with Crippen LogP contribution in [0, 0.1) is 11.8 Å². The SMILES string of the molecule is CCO[SiH](OCC)c1ccc2c(c1)COC(C1CCCCC1)(C1CCCCC1)O2. The van der Waals surface area contributed by atoms with Crippen molar-refractivity contribution in [2.75, 3.05) is 13.2 Å². The van der Waals surface area contributed by atoms with Gasteiger partial charge in [-0.25, -0.2) is 0 Å². The lowest BCUT2D eigenvalue weighted by Crippen LogP contribution is -2.55. The molecule has 2 saturated carbocycles. The van der Waals surface area contributed by atoms with Gasteiger partial charge in [-0.15, -0.1) is 0 Å². The molecule has 0 saturated heterocycles. The van der Waals surface area contributed by atoms with Gasteiger partial charge in [0.2, 0.25) is 5.79 Å². The van der Waals surface area contributed by atoms with Gasteiger partial charge in [0.1, 0.15) is 5.75 Å². The van der Waals surface area contributed by atoms with Crippen LogP contribution in [0.4, 0.5) is 0 Å². The van der Waals surface area contributed by atoms with Gasteiger partial charge in [0.15, 0.2) is 0 Å². The first kappa shape index (κ1) is 21.4. The number of ether oxygens (including phenoxy) is 2. The summed E-state index contributed by atoms with van der Waals surface area (Å²) in [4.78, 5) is 0. The van der Waals surface area contributed by atoms with Gasteiger partial charge in [-0.3, -0.25) is 0 Å². The Morgan fingerprint density at radius 2 is 1.48 bits per heavy atom. The molecule has 3 aliphatic rings. The fourth-order valence-electron chi connectivity index (χ4n) is 5.64. The summed E-state index contributed by atoms with van der Waals surface area (Å²) in [6.45, 7) is 6.09. The average molecular weight is 419 g/mol. The monoisotopic (exact) mass is 418 g/mol. The Bertz CT molecular complexity index is 628. The van der Waals surface area contributed by atoms with Crippen LogP contribution in [0.3, 0.4) is 0 Å². The summed E-state index contributed by atoms with van der Waals surface area (Å²) in [7, 11) is -1.84. The van der Waals surface area contributed by atoms with E-state index in [1.54, 1.807) is 0 Å². The number of rotatable bonds is 7. The van der Waals surface area contributed by atoms with Crippen molar-refractivity contribution in [1.29, 1.82) is 0 Å². The first-order chi connectivity index (χ1) is 14.3. The smallest absolute Gasteiger partial charge is 0.355 e. The molecule has 0 amide bonds.